The molecule has 6 heteroatoms. The molecule has 1 heterocycles. The Balaban J connectivity index is 2.86. The largest absolute Gasteiger partial charge is 0.469 e. The fourth-order valence-electron chi connectivity index (χ4n) is 2.29. The highest BCUT2D eigenvalue weighted by atomic mass is 32.2. The number of aliphatic hydroxyl groups is 1. The van der Waals surface area contributed by atoms with Gasteiger partial charge in [-0.25, -0.2) is 8.42 Å². The van der Waals surface area contributed by atoms with Gasteiger partial charge in [0.25, 0.3) is 0 Å². The quantitative estimate of drug-likeness (QED) is 0.732. The van der Waals surface area contributed by atoms with Crippen LogP contribution in [-0.2, 0) is 19.4 Å². The third kappa shape index (κ3) is 3.42. The van der Waals surface area contributed by atoms with Crippen LogP contribution >= 0.6 is 0 Å². The minimum absolute atomic E-state index is 0.0525. The van der Waals surface area contributed by atoms with Crippen LogP contribution in [0.3, 0.4) is 0 Å². The van der Waals surface area contributed by atoms with Crippen molar-refractivity contribution in [3.8, 4) is 0 Å². The molecule has 0 saturated carbocycles. The molecule has 0 aliphatic carbocycles. The number of carbonyl (C=O) groups is 1. The number of methoxy groups -OCH3 is 1. The molecule has 0 aromatic heterocycles. The lowest BCUT2D eigenvalue weighted by atomic mass is 9.83. The van der Waals surface area contributed by atoms with Crippen molar-refractivity contribution < 1.29 is 23.1 Å². The molecule has 2 atom stereocenters. The molecule has 100 valence electrons. The smallest absolute Gasteiger partial charge is 0.311 e. The van der Waals surface area contributed by atoms with Crippen molar-refractivity contribution in [1.29, 1.82) is 0 Å². The highest BCUT2D eigenvalue weighted by molar-refractivity contribution is 7.91. The fourth-order valence-corrected chi connectivity index (χ4v) is 4.20. The maximum absolute atomic E-state index is 11.6. The van der Waals surface area contributed by atoms with Gasteiger partial charge in [0.2, 0.25) is 0 Å². The first-order valence-electron chi connectivity index (χ1n) is 5.85. The zero-order valence-corrected chi connectivity index (χ0v) is 11.1. The summed E-state index contributed by atoms with van der Waals surface area (Å²) in [6.45, 7) is 1.98. The second kappa shape index (κ2) is 5.35. The summed E-state index contributed by atoms with van der Waals surface area (Å²) >= 11 is 0. The first kappa shape index (κ1) is 14.4. The molecule has 1 rings (SSSR count). The monoisotopic (exact) mass is 264 g/mol. The van der Waals surface area contributed by atoms with Gasteiger partial charge in [0.1, 0.15) is 0 Å². The molecule has 1 fully saturated rings. The molecule has 1 N–H and O–H groups in total. The van der Waals surface area contributed by atoms with E-state index >= 15 is 0 Å². The van der Waals surface area contributed by atoms with Crippen molar-refractivity contribution in [2.45, 2.75) is 38.2 Å². The molecule has 2 unspecified atom stereocenters. The van der Waals surface area contributed by atoms with Gasteiger partial charge in [0.05, 0.1) is 30.1 Å². The van der Waals surface area contributed by atoms with E-state index in [9.17, 15) is 18.3 Å². The van der Waals surface area contributed by atoms with Gasteiger partial charge < -0.3 is 9.84 Å². The third-order valence-electron chi connectivity index (χ3n) is 3.30. The molecule has 0 aromatic carbocycles. The van der Waals surface area contributed by atoms with Crippen LogP contribution in [0, 0.1) is 5.92 Å². The second-order valence-electron chi connectivity index (χ2n) is 4.66. The fraction of sp³-hybridized carbons (Fsp3) is 0.909. The molecule has 0 bridgehead atoms. The Hall–Kier alpha value is -0.620. The molecular weight excluding hydrogens is 244 g/mol. The molecular formula is C11H20O5S. The third-order valence-corrected chi connectivity index (χ3v) is 5.06. The summed E-state index contributed by atoms with van der Waals surface area (Å²) in [6, 6.07) is 0. The van der Waals surface area contributed by atoms with Crippen LogP contribution in [0.2, 0.25) is 0 Å². The number of carbonyl (C=O) groups excluding carboxylic acids is 1. The van der Waals surface area contributed by atoms with Gasteiger partial charge in [-0.2, -0.15) is 0 Å². The van der Waals surface area contributed by atoms with Gasteiger partial charge in [-0.15, -0.1) is 0 Å². The van der Waals surface area contributed by atoms with E-state index in [0.717, 1.165) is 12.8 Å². The average Bonchev–Trinajstić information content (AvgIpc) is 2.54. The van der Waals surface area contributed by atoms with Crippen LogP contribution in [-0.4, -0.2) is 43.7 Å². The number of sulfone groups is 1. The Morgan fingerprint density at radius 3 is 2.59 bits per heavy atom. The standard InChI is InChI=1S/C11H20O5S/c1-3-4-5-9(10(12)16-2)11(13)6-7-17(14,15)8-11/h9,13H,3-8H2,1-2H3. The van der Waals surface area contributed by atoms with Crippen LogP contribution in [0.5, 0.6) is 0 Å². The average molecular weight is 264 g/mol. The maximum Gasteiger partial charge on any atom is 0.311 e. The SMILES string of the molecule is CCCCC(C(=O)OC)C1(O)CCS(=O)(=O)C1. The van der Waals surface area contributed by atoms with Crippen molar-refractivity contribution in [3.05, 3.63) is 0 Å². The van der Waals surface area contributed by atoms with Crippen molar-refractivity contribution in [2.75, 3.05) is 18.6 Å². The molecule has 1 aliphatic rings. The Morgan fingerprint density at radius 1 is 1.53 bits per heavy atom. The van der Waals surface area contributed by atoms with Crippen LogP contribution in [0.15, 0.2) is 0 Å². The first-order chi connectivity index (χ1) is 7.84. The molecule has 17 heavy (non-hydrogen) atoms. The van der Waals surface area contributed by atoms with Crippen molar-refractivity contribution in [3.63, 3.8) is 0 Å². The Morgan fingerprint density at radius 2 is 2.18 bits per heavy atom. The van der Waals surface area contributed by atoms with Gasteiger partial charge in [0.15, 0.2) is 9.84 Å². The Labute approximate surface area is 102 Å². The predicted molar refractivity (Wildman–Crippen MR) is 63.3 cm³/mol. The highest BCUT2D eigenvalue weighted by Crippen LogP contribution is 2.34. The summed E-state index contributed by atoms with van der Waals surface area (Å²) in [5, 5.41) is 10.3. The summed E-state index contributed by atoms with van der Waals surface area (Å²) in [5.74, 6) is -1.63. The molecule has 5 nitrogen and oxygen atoms in total. The van der Waals surface area contributed by atoms with Crippen LogP contribution in [0.25, 0.3) is 0 Å². The summed E-state index contributed by atoms with van der Waals surface area (Å²) in [5.41, 5.74) is -1.44. The minimum Gasteiger partial charge on any atom is -0.469 e. The summed E-state index contributed by atoms with van der Waals surface area (Å²) in [4.78, 5) is 11.6. The first-order valence-corrected chi connectivity index (χ1v) is 7.67. The van der Waals surface area contributed by atoms with E-state index in [1.54, 1.807) is 0 Å². The van der Waals surface area contributed by atoms with E-state index in [4.69, 9.17) is 0 Å². The van der Waals surface area contributed by atoms with Gasteiger partial charge in [-0.05, 0) is 12.8 Å². The van der Waals surface area contributed by atoms with Crippen molar-refractivity contribution >= 4 is 15.8 Å². The molecule has 0 spiro atoms. The number of ether oxygens (including phenoxy) is 1. The number of rotatable bonds is 5. The number of esters is 1. The Kier molecular flexibility index (Phi) is 4.55. The van der Waals surface area contributed by atoms with Crippen molar-refractivity contribution in [1.82, 2.24) is 0 Å². The highest BCUT2D eigenvalue weighted by Gasteiger charge is 2.49. The minimum atomic E-state index is -3.22. The van der Waals surface area contributed by atoms with E-state index in [1.165, 1.54) is 7.11 Å². The van der Waals surface area contributed by atoms with E-state index in [1.807, 2.05) is 6.92 Å². The number of hydrogen-bond donors (Lipinski definition) is 1. The van der Waals surface area contributed by atoms with Crippen LogP contribution in [0.4, 0.5) is 0 Å². The lowest BCUT2D eigenvalue weighted by Gasteiger charge is -2.29. The van der Waals surface area contributed by atoms with Gasteiger partial charge in [-0.1, -0.05) is 19.8 Å². The molecule has 0 radical (unpaired) electrons. The Bertz CT molecular complexity index is 375. The van der Waals surface area contributed by atoms with E-state index in [0.29, 0.717) is 6.42 Å². The van der Waals surface area contributed by atoms with E-state index in [-0.39, 0.29) is 17.9 Å². The summed E-state index contributed by atoms with van der Waals surface area (Å²) < 4.78 is 27.5. The predicted octanol–water partition coefficient (Wildman–Crippen LogP) is 0.515. The lowest BCUT2D eigenvalue weighted by molar-refractivity contribution is -0.154. The van der Waals surface area contributed by atoms with Gasteiger partial charge >= 0.3 is 5.97 Å². The topological polar surface area (TPSA) is 80.7 Å². The lowest BCUT2D eigenvalue weighted by Crippen LogP contribution is -2.44. The molecule has 1 aliphatic heterocycles. The second-order valence-corrected chi connectivity index (χ2v) is 6.85. The summed E-state index contributed by atoms with van der Waals surface area (Å²) in [7, 11) is -1.97. The summed E-state index contributed by atoms with van der Waals surface area (Å²) in [6.07, 6.45) is 2.24. The number of unbranched alkanes of at least 4 members (excludes halogenated alkanes) is 1. The molecule has 0 amide bonds. The van der Waals surface area contributed by atoms with Gasteiger partial charge in [0, 0.05) is 0 Å². The van der Waals surface area contributed by atoms with Crippen LogP contribution < -0.4 is 0 Å². The van der Waals surface area contributed by atoms with Gasteiger partial charge in [-0.3, -0.25) is 4.79 Å². The maximum atomic E-state index is 11.6. The molecule has 0 aromatic rings. The number of hydrogen-bond acceptors (Lipinski definition) is 5. The zero-order chi connectivity index (χ0) is 13.1. The van der Waals surface area contributed by atoms with E-state index in [2.05, 4.69) is 4.74 Å². The molecule has 1 saturated heterocycles. The zero-order valence-electron chi connectivity index (χ0n) is 10.3. The van der Waals surface area contributed by atoms with Crippen LogP contribution in [0.1, 0.15) is 32.6 Å². The normalized spacial score (nSPS) is 28.9. The van der Waals surface area contributed by atoms with Crippen molar-refractivity contribution in [2.24, 2.45) is 5.92 Å². The van der Waals surface area contributed by atoms with E-state index < -0.39 is 27.3 Å².